The molecule has 1 aromatic carbocycles. The number of nitrogens with two attached hydrogens (primary N) is 1. The van der Waals surface area contributed by atoms with Gasteiger partial charge in [0.05, 0.1) is 6.04 Å². The summed E-state index contributed by atoms with van der Waals surface area (Å²) in [5.74, 6) is -0.983. The van der Waals surface area contributed by atoms with Gasteiger partial charge in [-0.2, -0.15) is 0 Å². The first-order valence-electron chi connectivity index (χ1n) is 5.56. The predicted molar refractivity (Wildman–Crippen MR) is 68.0 cm³/mol. The van der Waals surface area contributed by atoms with Gasteiger partial charge in [-0.05, 0) is 39.1 Å². The van der Waals surface area contributed by atoms with Gasteiger partial charge in [-0.1, -0.05) is 23.8 Å². The highest BCUT2D eigenvalue weighted by Crippen LogP contribution is 2.25. The lowest BCUT2D eigenvalue weighted by atomic mass is 9.93. The molecular formula is C13H20N2O2. The Bertz CT molecular complexity index is 416. The Balaban J connectivity index is 3.19. The topological polar surface area (TPSA) is 66.6 Å². The van der Waals surface area contributed by atoms with E-state index in [9.17, 15) is 4.79 Å². The van der Waals surface area contributed by atoms with E-state index in [1.807, 2.05) is 51.0 Å². The summed E-state index contributed by atoms with van der Waals surface area (Å²) in [4.78, 5) is 12.9. The zero-order valence-corrected chi connectivity index (χ0v) is 10.8. The first-order valence-corrected chi connectivity index (χ1v) is 5.56. The molecule has 0 amide bonds. The third-order valence-corrected chi connectivity index (χ3v) is 2.93. The van der Waals surface area contributed by atoms with Crippen molar-refractivity contribution in [1.82, 2.24) is 4.90 Å². The van der Waals surface area contributed by atoms with Crippen LogP contribution in [0.15, 0.2) is 18.2 Å². The SMILES string of the molecule is Cc1ccc(C(C(N)C(=O)O)N(C)C)c(C)c1. The average Bonchev–Trinajstić information content (AvgIpc) is 2.20. The van der Waals surface area contributed by atoms with E-state index >= 15 is 0 Å². The molecule has 0 aliphatic carbocycles. The molecule has 0 aliphatic rings. The number of likely N-dealkylation sites (N-methyl/N-ethyl adjacent to an activating group) is 1. The summed E-state index contributed by atoms with van der Waals surface area (Å²) >= 11 is 0. The second-order valence-electron chi connectivity index (χ2n) is 4.63. The van der Waals surface area contributed by atoms with Crippen molar-refractivity contribution in [3.05, 3.63) is 34.9 Å². The van der Waals surface area contributed by atoms with Gasteiger partial charge in [0.25, 0.3) is 0 Å². The summed E-state index contributed by atoms with van der Waals surface area (Å²) in [6.07, 6.45) is 0. The first-order chi connectivity index (χ1) is 7.84. The molecule has 0 spiro atoms. The molecule has 1 rings (SSSR count). The van der Waals surface area contributed by atoms with Gasteiger partial charge in [0.15, 0.2) is 0 Å². The van der Waals surface area contributed by atoms with E-state index < -0.39 is 12.0 Å². The summed E-state index contributed by atoms with van der Waals surface area (Å²) in [6.45, 7) is 3.99. The van der Waals surface area contributed by atoms with Crippen LogP contribution in [0, 0.1) is 13.8 Å². The molecule has 4 nitrogen and oxygen atoms in total. The van der Waals surface area contributed by atoms with Crippen LogP contribution in [-0.4, -0.2) is 36.1 Å². The summed E-state index contributed by atoms with van der Waals surface area (Å²) in [5.41, 5.74) is 8.96. The van der Waals surface area contributed by atoms with Crippen molar-refractivity contribution >= 4 is 5.97 Å². The van der Waals surface area contributed by atoms with E-state index in [4.69, 9.17) is 10.8 Å². The molecule has 0 bridgehead atoms. The van der Waals surface area contributed by atoms with Crippen LogP contribution in [0.5, 0.6) is 0 Å². The van der Waals surface area contributed by atoms with Gasteiger partial charge in [-0.15, -0.1) is 0 Å². The van der Waals surface area contributed by atoms with E-state index in [0.717, 1.165) is 16.7 Å². The quantitative estimate of drug-likeness (QED) is 0.827. The van der Waals surface area contributed by atoms with E-state index in [1.165, 1.54) is 0 Å². The fraction of sp³-hybridized carbons (Fsp3) is 0.462. The van der Waals surface area contributed by atoms with Crippen LogP contribution in [0.3, 0.4) is 0 Å². The Labute approximate surface area is 102 Å². The summed E-state index contributed by atoms with van der Waals surface area (Å²) < 4.78 is 0. The molecule has 0 saturated heterocycles. The Morgan fingerprint density at radius 3 is 2.35 bits per heavy atom. The second-order valence-corrected chi connectivity index (χ2v) is 4.63. The van der Waals surface area contributed by atoms with Crippen LogP contribution in [0.2, 0.25) is 0 Å². The Morgan fingerprint density at radius 2 is 1.94 bits per heavy atom. The van der Waals surface area contributed by atoms with Gasteiger partial charge >= 0.3 is 5.97 Å². The molecule has 94 valence electrons. The Morgan fingerprint density at radius 1 is 1.35 bits per heavy atom. The van der Waals surface area contributed by atoms with Gasteiger partial charge in [0.2, 0.25) is 0 Å². The highest BCUT2D eigenvalue weighted by Gasteiger charge is 2.28. The van der Waals surface area contributed by atoms with Gasteiger partial charge in [-0.3, -0.25) is 4.79 Å². The van der Waals surface area contributed by atoms with E-state index in [1.54, 1.807) is 0 Å². The number of aryl methyl sites for hydroxylation is 2. The molecule has 0 heterocycles. The number of aliphatic carboxylic acids is 1. The van der Waals surface area contributed by atoms with Gasteiger partial charge in [0.1, 0.15) is 6.04 Å². The minimum Gasteiger partial charge on any atom is -0.480 e. The molecule has 0 radical (unpaired) electrons. The minimum atomic E-state index is -0.983. The summed E-state index contributed by atoms with van der Waals surface area (Å²) in [6, 6.07) is 4.74. The van der Waals surface area contributed by atoms with Crippen molar-refractivity contribution in [3.63, 3.8) is 0 Å². The number of hydrogen-bond acceptors (Lipinski definition) is 3. The predicted octanol–water partition coefficient (Wildman–Crippen LogP) is 1.32. The number of rotatable bonds is 4. The molecule has 0 aromatic heterocycles. The average molecular weight is 236 g/mol. The Kier molecular flexibility index (Phi) is 4.26. The summed E-state index contributed by atoms with van der Waals surface area (Å²) in [5, 5.41) is 9.06. The summed E-state index contributed by atoms with van der Waals surface area (Å²) in [7, 11) is 3.68. The highest BCUT2D eigenvalue weighted by molar-refractivity contribution is 5.74. The number of hydrogen-bond donors (Lipinski definition) is 2. The highest BCUT2D eigenvalue weighted by atomic mass is 16.4. The molecule has 3 N–H and O–H groups in total. The monoisotopic (exact) mass is 236 g/mol. The molecule has 0 aliphatic heterocycles. The normalized spacial score (nSPS) is 14.7. The zero-order valence-electron chi connectivity index (χ0n) is 10.8. The van der Waals surface area contributed by atoms with Gasteiger partial charge in [0, 0.05) is 0 Å². The maximum Gasteiger partial charge on any atom is 0.322 e. The van der Waals surface area contributed by atoms with Crippen molar-refractivity contribution in [2.45, 2.75) is 25.9 Å². The molecule has 2 unspecified atom stereocenters. The fourth-order valence-electron chi connectivity index (χ4n) is 2.09. The number of carboxylic acid groups (broad SMARTS) is 1. The largest absolute Gasteiger partial charge is 0.480 e. The van der Waals surface area contributed by atoms with E-state index in [2.05, 4.69) is 0 Å². The third-order valence-electron chi connectivity index (χ3n) is 2.93. The van der Waals surface area contributed by atoms with E-state index in [0.29, 0.717) is 0 Å². The number of nitrogens with zero attached hydrogens (tertiary/aromatic N) is 1. The molecular weight excluding hydrogens is 216 g/mol. The maximum atomic E-state index is 11.0. The Hall–Kier alpha value is -1.39. The molecule has 0 fully saturated rings. The molecule has 4 heteroatoms. The number of benzene rings is 1. The lowest BCUT2D eigenvalue weighted by Gasteiger charge is -2.29. The minimum absolute atomic E-state index is 0.312. The molecule has 0 saturated carbocycles. The van der Waals surface area contributed by atoms with Crippen LogP contribution in [0.4, 0.5) is 0 Å². The van der Waals surface area contributed by atoms with E-state index in [-0.39, 0.29) is 6.04 Å². The third kappa shape index (κ3) is 3.05. The second kappa shape index (κ2) is 5.29. The molecule has 17 heavy (non-hydrogen) atoms. The fourth-order valence-corrected chi connectivity index (χ4v) is 2.09. The van der Waals surface area contributed by atoms with Crippen molar-refractivity contribution in [2.75, 3.05) is 14.1 Å². The van der Waals surface area contributed by atoms with Gasteiger partial charge < -0.3 is 15.7 Å². The standard InChI is InChI=1S/C13H20N2O2/c1-8-5-6-10(9(2)7-8)12(15(3)4)11(14)13(16)17/h5-7,11-12H,14H2,1-4H3,(H,16,17). The number of carbonyl (C=O) groups is 1. The van der Waals surface area contributed by atoms with Crippen LogP contribution in [0.25, 0.3) is 0 Å². The van der Waals surface area contributed by atoms with Crippen LogP contribution in [0.1, 0.15) is 22.7 Å². The van der Waals surface area contributed by atoms with Crippen LogP contribution < -0.4 is 5.73 Å². The van der Waals surface area contributed by atoms with Crippen molar-refractivity contribution in [3.8, 4) is 0 Å². The van der Waals surface area contributed by atoms with Crippen LogP contribution >= 0.6 is 0 Å². The van der Waals surface area contributed by atoms with Crippen molar-refractivity contribution in [2.24, 2.45) is 5.73 Å². The van der Waals surface area contributed by atoms with Gasteiger partial charge in [-0.25, -0.2) is 0 Å². The molecule has 1 aromatic rings. The lowest BCUT2D eigenvalue weighted by Crippen LogP contribution is -2.43. The number of carboxylic acids is 1. The zero-order chi connectivity index (χ0) is 13.2. The van der Waals surface area contributed by atoms with Crippen LogP contribution in [-0.2, 0) is 4.79 Å². The molecule has 2 atom stereocenters. The van der Waals surface area contributed by atoms with Crippen molar-refractivity contribution < 1.29 is 9.90 Å². The maximum absolute atomic E-state index is 11.0. The smallest absolute Gasteiger partial charge is 0.322 e. The first kappa shape index (κ1) is 13.7. The lowest BCUT2D eigenvalue weighted by molar-refractivity contribution is -0.140. The van der Waals surface area contributed by atoms with Crippen molar-refractivity contribution in [1.29, 1.82) is 0 Å².